The van der Waals surface area contributed by atoms with Gasteiger partial charge in [0.05, 0.1) is 6.61 Å². The van der Waals surface area contributed by atoms with Crippen LogP contribution in [0.2, 0.25) is 0 Å². The van der Waals surface area contributed by atoms with Crippen molar-refractivity contribution in [3.63, 3.8) is 0 Å². The van der Waals surface area contributed by atoms with E-state index in [1.54, 1.807) is 23.5 Å². The molecule has 0 saturated carbocycles. The van der Waals surface area contributed by atoms with Gasteiger partial charge in [0.15, 0.2) is 0 Å². The van der Waals surface area contributed by atoms with Gasteiger partial charge in [0.25, 0.3) is 0 Å². The Hall–Kier alpha value is -1.06. The van der Waals surface area contributed by atoms with E-state index < -0.39 is 0 Å². The Bertz CT molecular complexity index is 434. The lowest BCUT2D eigenvalue weighted by molar-refractivity contribution is 0.136. The van der Waals surface area contributed by atoms with Gasteiger partial charge in [0.2, 0.25) is 0 Å². The number of ether oxygens (including phenoxy) is 1. The topological polar surface area (TPSA) is 29.5 Å². The summed E-state index contributed by atoms with van der Waals surface area (Å²) in [5.74, 6) is 0.318. The van der Waals surface area contributed by atoms with Crippen LogP contribution in [0.15, 0.2) is 24.3 Å². The zero-order chi connectivity index (χ0) is 9.97. The van der Waals surface area contributed by atoms with Crippen molar-refractivity contribution in [1.29, 1.82) is 0 Å². The summed E-state index contributed by atoms with van der Waals surface area (Å²) in [6.45, 7) is 3.38. The summed E-state index contributed by atoms with van der Waals surface area (Å²) >= 11 is 1.71. The monoisotopic (exact) mass is 208 g/mol. The average molecular weight is 208 g/mol. The van der Waals surface area contributed by atoms with Crippen LogP contribution >= 0.6 is 11.3 Å². The second-order valence-corrected chi connectivity index (χ2v) is 4.24. The molecule has 0 spiro atoms. The molecule has 1 aromatic carbocycles. The molecule has 0 aliphatic rings. The van der Waals surface area contributed by atoms with Crippen LogP contribution in [0.4, 0.5) is 0 Å². The fraction of sp³-hybridized carbons (Fsp3) is 0.273. The molecule has 0 amide bonds. The van der Waals surface area contributed by atoms with Crippen LogP contribution in [0, 0.1) is 0 Å². The predicted molar refractivity (Wildman–Crippen MR) is 58.8 cm³/mol. The molecule has 1 N–H and O–H groups in total. The minimum atomic E-state index is 0.318. The molecule has 2 aromatic rings. The number of phenols is 1. The second kappa shape index (κ2) is 3.98. The SMILES string of the molecule is CCOCc1cc2cc(O)ccc2s1. The second-order valence-electron chi connectivity index (χ2n) is 3.07. The Morgan fingerprint density at radius 1 is 1.36 bits per heavy atom. The van der Waals surface area contributed by atoms with E-state index >= 15 is 0 Å². The molecule has 1 heterocycles. The normalized spacial score (nSPS) is 10.9. The lowest BCUT2D eigenvalue weighted by atomic mass is 10.2. The molecule has 0 fully saturated rings. The van der Waals surface area contributed by atoms with Crippen molar-refractivity contribution in [3.05, 3.63) is 29.1 Å². The number of fused-ring (bicyclic) bond motifs is 1. The third-order valence-corrected chi connectivity index (χ3v) is 3.09. The minimum absolute atomic E-state index is 0.318. The van der Waals surface area contributed by atoms with Gasteiger partial charge in [-0.2, -0.15) is 0 Å². The van der Waals surface area contributed by atoms with Crippen molar-refractivity contribution >= 4 is 21.4 Å². The minimum Gasteiger partial charge on any atom is -0.508 e. The van der Waals surface area contributed by atoms with Gasteiger partial charge in [-0.25, -0.2) is 0 Å². The molecule has 14 heavy (non-hydrogen) atoms. The molecule has 0 atom stereocenters. The Kier molecular flexibility index (Phi) is 2.70. The van der Waals surface area contributed by atoms with Crippen LogP contribution in [-0.2, 0) is 11.3 Å². The van der Waals surface area contributed by atoms with E-state index in [2.05, 4.69) is 6.07 Å². The lowest BCUT2D eigenvalue weighted by Gasteiger charge is -1.94. The first-order valence-corrected chi connectivity index (χ1v) is 5.40. The fourth-order valence-electron chi connectivity index (χ4n) is 1.36. The van der Waals surface area contributed by atoms with Gasteiger partial charge in [-0.05, 0) is 36.6 Å². The summed E-state index contributed by atoms with van der Waals surface area (Å²) in [5, 5.41) is 10.4. The quantitative estimate of drug-likeness (QED) is 0.839. The molecule has 0 bridgehead atoms. The molecule has 0 unspecified atom stereocenters. The Morgan fingerprint density at radius 2 is 2.21 bits per heavy atom. The zero-order valence-electron chi connectivity index (χ0n) is 7.99. The third-order valence-electron chi connectivity index (χ3n) is 2.00. The van der Waals surface area contributed by atoms with Crippen LogP contribution in [0.1, 0.15) is 11.8 Å². The largest absolute Gasteiger partial charge is 0.508 e. The molecule has 2 nitrogen and oxygen atoms in total. The van der Waals surface area contributed by atoms with E-state index in [0.29, 0.717) is 12.4 Å². The first-order valence-electron chi connectivity index (χ1n) is 4.59. The molecule has 0 aliphatic heterocycles. The molecule has 1 aromatic heterocycles. The highest BCUT2D eigenvalue weighted by Gasteiger charge is 2.02. The highest BCUT2D eigenvalue weighted by Crippen LogP contribution is 2.28. The predicted octanol–water partition coefficient (Wildman–Crippen LogP) is 3.14. The highest BCUT2D eigenvalue weighted by molar-refractivity contribution is 7.19. The molecular formula is C11H12O2S. The molecule has 2 rings (SSSR count). The van der Waals surface area contributed by atoms with Crippen LogP contribution in [-0.4, -0.2) is 11.7 Å². The highest BCUT2D eigenvalue weighted by atomic mass is 32.1. The summed E-state index contributed by atoms with van der Waals surface area (Å²) in [4.78, 5) is 1.20. The van der Waals surface area contributed by atoms with E-state index in [-0.39, 0.29) is 0 Å². The van der Waals surface area contributed by atoms with E-state index in [1.807, 2.05) is 13.0 Å². The average Bonchev–Trinajstić information content (AvgIpc) is 2.56. The fourth-order valence-corrected chi connectivity index (χ4v) is 2.34. The number of rotatable bonds is 3. The van der Waals surface area contributed by atoms with E-state index in [4.69, 9.17) is 4.74 Å². The van der Waals surface area contributed by atoms with Crippen LogP contribution in [0.3, 0.4) is 0 Å². The maximum absolute atomic E-state index is 9.29. The molecule has 0 aliphatic carbocycles. The van der Waals surface area contributed by atoms with Crippen molar-refractivity contribution in [3.8, 4) is 5.75 Å². The first-order chi connectivity index (χ1) is 6.79. The molecule has 3 heteroatoms. The summed E-state index contributed by atoms with van der Waals surface area (Å²) in [6, 6.07) is 7.49. The van der Waals surface area contributed by atoms with Crippen LogP contribution in [0.5, 0.6) is 5.75 Å². The number of aromatic hydroxyl groups is 1. The van der Waals surface area contributed by atoms with Crippen LogP contribution < -0.4 is 0 Å². The summed E-state index contributed by atoms with van der Waals surface area (Å²) in [7, 11) is 0. The Labute approximate surface area is 86.8 Å². The number of thiophene rings is 1. The van der Waals surface area contributed by atoms with Gasteiger partial charge >= 0.3 is 0 Å². The lowest BCUT2D eigenvalue weighted by Crippen LogP contribution is -1.87. The Morgan fingerprint density at radius 3 is 3.00 bits per heavy atom. The maximum Gasteiger partial charge on any atom is 0.116 e. The van der Waals surface area contributed by atoms with E-state index in [0.717, 1.165) is 12.0 Å². The molecule has 74 valence electrons. The summed E-state index contributed by atoms with van der Waals surface area (Å²) in [5.41, 5.74) is 0. The maximum atomic E-state index is 9.29. The number of hydrogen-bond acceptors (Lipinski definition) is 3. The number of benzene rings is 1. The number of phenolic OH excluding ortho intramolecular Hbond substituents is 1. The van der Waals surface area contributed by atoms with E-state index in [9.17, 15) is 5.11 Å². The standard InChI is InChI=1S/C11H12O2S/c1-2-13-7-10-6-8-5-9(12)3-4-11(8)14-10/h3-6,12H,2,7H2,1H3. The van der Waals surface area contributed by atoms with E-state index in [1.165, 1.54) is 9.58 Å². The van der Waals surface area contributed by atoms with Crippen molar-refractivity contribution in [2.24, 2.45) is 0 Å². The van der Waals surface area contributed by atoms with Gasteiger partial charge in [-0.3, -0.25) is 0 Å². The Balaban J connectivity index is 2.32. The smallest absolute Gasteiger partial charge is 0.116 e. The summed E-state index contributed by atoms with van der Waals surface area (Å²) < 4.78 is 6.52. The third kappa shape index (κ3) is 1.89. The zero-order valence-corrected chi connectivity index (χ0v) is 8.80. The first kappa shape index (κ1) is 9.49. The molecule has 0 radical (unpaired) electrons. The van der Waals surface area contributed by atoms with Gasteiger partial charge < -0.3 is 9.84 Å². The van der Waals surface area contributed by atoms with Gasteiger partial charge in [0, 0.05) is 16.2 Å². The van der Waals surface area contributed by atoms with Crippen LogP contribution in [0.25, 0.3) is 10.1 Å². The molecule has 0 saturated heterocycles. The van der Waals surface area contributed by atoms with Crippen molar-refractivity contribution in [2.75, 3.05) is 6.61 Å². The molecular weight excluding hydrogens is 196 g/mol. The number of hydrogen-bond donors (Lipinski definition) is 1. The van der Waals surface area contributed by atoms with Gasteiger partial charge in [-0.15, -0.1) is 11.3 Å². The van der Waals surface area contributed by atoms with Crippen molar-refractivity contribution in [2.45, 2.75) is 13.5 Å². The van der Waals surface area contributed by atoms with Gasteiger partial charge in [-0.1, -0.05) is 0 Å². The summed E-state index contributed by atoms with van der Waals surface area (Å²) in [6.07, 6.45) is 0. The van der Waals surface area contributed by atoms with Crippen molar-refractivity contribution < 1.29 is 9.84 Å². The van der Waals surface area contributed by atoms with Gasteiger partial charge in [0.1, 0.15) is 5.75 Å². The van der Waals surface area contributed by atoms with Crippen molar-refractivity contribution in [1.82, 2.24) is 0 Å².